The highest BCUT2D eigenvalue weighted by atomic mass is 79.9. The molecule has 25 heavy (non-hydrogen) atoms. The fourth-order valence-corrected chi connectivity index (χ4v) is 3.37. The van der Waals surface area contributed by atoms with Gasteiger partial charge in [-0.15, -0.1) is 0 Å². The van der Waals surface area contributed by atoms with Crippen molar-refractivity contribution in [2.75, 3.05) is 0 Å². The first kappa shape index (κ1) is 17.4. The highest BCUT2D eigenvalue weighted by Gasteiger charge is 2.10. The third-order valence-electron chi connectivity index (χ3n) is 3.29. The van der Waals surface area contributed by atoms with E-state index in [1.54, 1.807) is 18.3 Å². The number of hydrogen-bond donors (Lipinski definition) is 0. The Morgan fingerprint density at radius 1 is 1.20 bits per heavy atom. The maximum atomic E-state index is 10.8. The highest BCUT2D eigenvalue weighted by Crippen LogP contribution is 2.35. The van der Waals surface area contributed by atoms with Crippen LogP contribution in [0, 0.1) is 17.0 Å². The van der Waals surface area contributed by atoms with Crippen LogP contribution in [0.25, 0.3) is 0 Å². The maximum Gasteiger partial charge on any atom is 0.271 e. The number of aryl methyl sites for hydroxylation is 1. The smallest absolute Gasteiger partial charge is 0.271 e. The maximum absolute atomic E-state index is 10.8. The van der Waals surface area contributed by atoms with E-state index in [0.717, 1.165) is 14.5 Å². The predicted octanol–water partition coefficient (Wildman–Crippen LogP) is 6.16. The van der Waals surface area contributed by atoms with Crippen LogP contribution < -0.4 is 0 Å². The Bertz CT molecular complexity index is 936. The van der Waals surface area contributed by atoms with Gasteiger partial charge < -0.3 is 4.42 Å². The first-order chi connectivity index (χ1) is 12.0. The Balaban J connectivity index is 1.77. The Kier molecular flexibility index (Phi) is 5.35. The second kappa shape index (κ2) is 7.67. The van der Waals surface area contributed by atoms with Gasteiger partial charge in [0.1, 0.15) is 5.76 Å². The molecule has 2 aromatic carbocycles. The number of non-ortho nitro benzene ring substituents is 1. The molecule has 0 unspecified atom stereocenters. The largest absolute Gasteiger partial charge is 0.447 e. The van der Waals surface area contributed by atoms with Crippen molar-refractivity contribution in [2.24, 2.45) is 4.99 Å². The molecule has 0 aliphatic heterocycles. The van der Waals surface area contributed by atoms with Crippen LogP contribution in [0.1, 0.15) is 11.3 Å². The van der Waals surface area contributed by atoms with Crippen LogP contribution in [0.4, 0.5) is 11.4 Å². The number of aliphatic imine (C=N–C) groups is 1. The SMILES string of the molecule is Cc1ccc(Sc2oc(C=Nc3cccc([N+](=O)[O-])c3)cc2Br)cc1. The zero-order valence-corrected chi connectivity index (χ0v) is 15.6. The summed E-state index contributed by atoms with van der Waals surface area (Å²) in [6.45, 7) is 2.04. The normalized spacial score (nSPS) is 11.1. The summed E-state index contributed by atoms with van der Waals surface area (Å²) in [7, 11) is 0. The van der Waals surface area contributed by atoms with E-state index >= 15 is 0 Å². The minimum atomic E-state index is -0.446. The molecule has 7 heteroatoms. The van der Waals surface area contributed by atoms with Crippen molar-refractivity contribution in [3.8, 4) is 0 Å². The van der Waals surface area contributed by atoms with Crippen LogP contribution >= 0.6 is 27.7 Å². The van der Waals surface area contributed by atoms with Gasteiger partial charge in [-0.2, -0.15) is 0 Å². The molecule has 0 bridgehead atoms. The Morgan fingerprint density at radius 2 is 1.96 bits per heavy atom. The number of hydrogen-bond acceptors (Lipinski definition) is 5. The summed E-state index contributed by atoms with van der Waals surface area (Å²) in [5.74, 6) is 0.563. The Labute approximate surface area is 157 Å². The van der Waals surface area contributed by atoms with E-state index < -0.39 is 4.92 Å². The van der Waals surface area contributed by atoms with Crippen LogP contribution in [-0.2, 0) is 0 Å². The van der Waals surface area contributed by atoms with Crippen molar-refractivity contribution in [1.29, 1.82) is 0 Å². The van der Waals surface area contributed by atoms with Gasteiger partial charge in [-0.3, -0.25) is 15.1 Å². The molecule has 3 rings (SSSR count). The summed E-state index contributed by atoms with van der Waals surface area (Å²) in [6.07, 6.45) is 1.54. The third kappa shape index (κ3) is 4.58. The van der Waals surface area contributed by atoms with Crippen molar-refractivity contribution < 1.29 is 9.34 Å². The molecule has 0 aliphatic rings. The molecule has 126 valence electrons. The van der Waals surface area contributed by atoms with Crippen molar-refractivity contribution in [2.45, 2.75) is 16.9 Å². The summed E-state index contributed by atoms with van der Waals surface area (Å²) >= 11 is 4.99. The van der Waals surface area contributed by atoms with Gasteiger partial charge in [-0.05, 0) is 41.1 Å². The van der Waals surface area contributed by atoms with Crippen LogP contribution in [-0.4, -0.2) is 11.1 Å². The van der Waals surface area contributed by atoms with Gasteiger partial charge in [0.2, 0.25) is 0 Å². The molecule has 0 saturated carbocycles. The Hall–Kier alpha value is -2.38. The molecule has 0 N–H and O–H groups in total. The number of benzene rings is 2. The molecule has 0 amide bonds. The first-order valence-corrected chi connectivity index (χ1v) is 8.94. The van der Waals surface area contributed by atoms with E-state index in [-0.39, 0.29) is 5.69 Å². The van der Waals surface area contributed by atoms with Gasteiger partial charge in [-0.1, -0.05) is 35.5 Å². The summed E-state index contributed by atoms with van der Waals surface area (Å²) in [6, 6.07) is 16.1. The first-order valence-electron chi connectivity index (χ1n) is 7.33. The van der Waals surface area contributed by atoms with Crippen LogP contribution in [0.2, 0.25) is 0 Å². The fraction of sp³-hybridized carbons (Fsp3) is 0.0556. The number of nitro groups is 1. The topological polar surface area (TPSA) is 68.6 Å². The number of rotatable bonds is 5. The van der Waals surface area contributed by atoms with E-state index in [0.29, 0.717) is 11.4 Å². The van der Waals surface area contributed by atoms with E-state index in [1.807, 2.05) is 37.3 Å². The average Bonchev–Trinajstić information content (AvgIpc) is 2.95. The molecule has 1 heterocycles. The second-order valence-electron chi connectivity index (χ2n) is 5.23. The van der Waals surface area contributed by atoms with Gasteiger partial charge in [0.15, 0.2) is 5.09 Å². The van der Waals surface area contributed by atoms with Crippen molar-refractivity contribution in [3.63, 3.8) is 0 Å². The molecule has 0 atom stereocenters. The van der Waals surface area contributed by atoms with E-state index in [2.05, 4.69) is 20.9 Å². The highest BCUT2D eigenvalue weighted by molar-refractivity contribution is 9.10. The minimum absolute atomic E-state index is 0.00545. The van der Waals surface area contributed by atoms with E-state index in [9.17, 15) is 10.1 Å². The molecule has 0 saturated heterocycles. The molecule has 0 fully saturated rings. The van der Waals surface area contributed by atoms with Crippen LogP contribution in [0.15, 0.2) is 78.5 Å². The lowest BCUT2D eigenvalue weighted by Gasteiger charge is -1.99. The van der Waals surface area contributed by atoms with Gasteiger partial charge in [0, 0.05) is 23.1 Å². The molecule has 0 aliphatic carbocycles. The van der Waals surface area contributed by atoms with Crippen LogP contribution in [0.5, 0.6) is 0 Å². The van der Waals surface area contributed by atoms with Crippen molar-refractivity contribution in [3.05, 3.63) is 80.5 Å². The van der Waals surface area contributed by atoms with Crippen molar-refractivity contribution in [1.82, 2.24) is 0 Å². The lowest BCUT2D eigenvalue weighted by Crippen LogP contribution is -1.86. The zero-order valence-electron chi connectivity index (χ0n) is 13.2. The summed E-state index contributed by atoms with van der Waals surface area (Å²) in [4.78, 5) is 15.7. The quantitative estimate of drug-likeness (QED) is 0.283. The molecular weight excluding hydrogens is 404 g/mol. The molecular formula is C18H13BrN2O3S. The number of nitrogens with zero attached hydrogens (tertiary/aromatic N) is 2. The standard InChI is InChI=1S/C18H13BrN2O3S/c1-12-5-7-16(8-6-12)25-18-17(19)10-15(24-18)11-20-13-3-2-4-14(9-13)21(22)23/h2-11H,1H3. The van der Waals surface area contributed by atoms with Gasteiger partial charge in [0.25, 0.3) is 5.69 Å². The summed E-state index contributed by atoms with van der Waals surface area (Å²) < 4.78 is 6.61. The molecule has 3 aromatic rings. The Morgan fingerprint density at radius 3 is 2.68 bits per heavy atom. The van der Waals surface area contributed by atoms with Gasteiger partial charge >= 0.3 is 0 Å². The zero-order chi connectivity index (χ0) is 17.8. The molecule has 1 aromatic heterocycles. The van der Waals surface area contributed by atoms with Gasteiger partial charge in [0.05, 0.1) is 21.3 Å². The molecule has 0 spiro atoms. The lowest BCUT2D eigenvalue weighted by atomic mass is 10.2. The number of furan rings is 1. The number of nitro benzene ring substituents is 1. The average molecular weight is 417 g/mol. The molecule has 5 nitrogen and oxygen atoms in total. The third-order valence-corrected chi connectivity index (χ3v) is 5.14. The second-order valence-corrected chi connectivity index (χ2v) is 7.14. The minimum Gasteiger partial charge on any atom is -0.447 e. The predicted molar refractivity (Wildman–Crippen MR) is 102 cm³/mol. The van der Waals surface area contributed by atoms with E-state index in [4.69, 9.17) is 4.42 Å². The number of halogens is 1. The van der Waals surface area contributed by atoms with Crippen molar-refractivity contribution >= 4 is 45.3 Å². The van der Waals surface area contributed by atoms with E-state index in [1.165, 1.54) is 29.5 Å². The molecule has 0 radical (unpaired) electrons. The monoisotopic (exact) mass is 416 g/mol. The van der Waals surface area contributed by atoms with Gasteiger partial charge in [-0.25, -0.2) is 0 Å². The lowest BCUT2D eigenvalue weighted by molar-refractivity contribution is -0.384. The summed E-state index contributed by atoms with van der Waals surface area (Å²) in [5.41, 5.74) is 1.70. The summed E-state index contributed by atoms with van der Waals surface area (Å²) in [5, 5.41) is 11.5. The fourth-order valence-electron chi connectivity index (χ4n) is 2.04. The van der Waals surface area contributed by atoms with Crippen LogP contribution in [0.3, 0.4) is 0 Å².